The molecular formula is C46H79NO35. The quantitative estimate of drug-likeness (QED) is 0.0807. The SMILES string of the molecule is NCCCCO[C@H]1[C@@H]2O[C@H]3[C@H](O)[C@@H](O)[C@@H](O[C@H]4[C@H](O)[C@@H](O)[C@@H](O[C@H]5[C@H](O)[C@@H](O)[C@@H](O[C@H]6[C@H](O)[C@@H](O)[C@@H](O[C@H]7[C@H](O)[C@@H](O)[C@@H](O[C@H]8[C@H](O)[C@@H](O)[C@@H](O[C@H]([C@@H]1O)[C@@H](CO)O2)O[C@@H]8CO)O[C@@H]7CO)O[C@@H]6CO)O[C@@H]5CO)O[C@@H]4CO)O[C@@H]3CO. The van der Waals surface area contributed by atoms with E-state index in [2.05, 4.69) is 0 Å². The molecule has 82 heavy (non-hydrogen) atoms. The van der Waals surface area contributed by atoms with E-state index in [-0.39, 0.29) is 19.6 Å². The number of ether oxygens (including phenoxy) is 15. The van der Waals surface area contributed by atoms with E-state index in [0.29, 0.717) is 6.42 Å². The van der Waals surface area contributed by atoms with Crippen LogP contribution in [0.5, 0.6) is 0 Å². The van der Waals surface area contributed by atoms with Gasteiger partial charge in [-0.1, -0.05) is 0 Å². The van der Waals surface area contributed by atoms with Gasteiger partial charge < -0.3 is 179 Å². The molecule has 15 aliphatic rings. The Bertz CT molecular complexity index is 1920. The maximum Gasteiger partial charge on any atom is 0.187 e. The third-order valence-corrected chi connectivity index (χ3v) is 15.7. The predicted molar refractivity (Wildman–Crippen MR) is 250 cm³/mol. The fourth-order valence-corrected chi connectivity index (χ4v) is 11.0. The van der Waals surface area contributed by atoms with E-state index in [1.807, 2.05) is 0 Å². The Hall–Kier alpha value is -1.44. The van der Waals surface area contributed by atoms with Crippen molar-refractivity contribution in [2.75, 3.05) is 59.4 Å². The van der Waals surface area contributed by atoms with Gasteiger partial charge in [0.25, 0.3) is 0 Å². The number of nitrogens with two attached hydrogens (primary N) is 1. The zero-order valence-electron chi connectivity index (χ0n) is 43.6. The maximum atomic E-state index is 12.0. The zero-order valence-corrected chi connectivity index (χ0v) is 43.6. The summed E-state index contributed by atoms with van der Waals surface area (Å²) < 4.78 is 87.1. The molecule has 14 bridgehead atoms. The lowest BCUT2D eigenvalue weighted by Gasteiger charge is -2.50. The number of hydrogen-bond donors (Lipinski definition) is 21. The van der Waals surface area contributed by atoms with Gasteiger partial charge in [-0.15, -0.1) is 0 Å². The van der Waals surface area contributed by atoms with Gasteiger partial charge in [0, 0.05) is 6.61 Å². The Morgan fingerprint density at radius 1 is 0.244 bits per heavy atom. The molecule has 35 atom stereocenters. The third-order valence-electron chi connectivity index (χ3n) is 15.7. The molecule has 15 heterocycles. The predicted octanol–water partition coefficient (Wildman–Crippen LogP) is -14.5. The summed E-state index contributed by atoms with van der Waals surface area (Å²) in [7, 11) is 0. The third kappa shape index (κ3) is 13.6. The van der Waals surface area contributed by atoms with Gasteiger partial charge in [0.05, 0.1) is 46.2 Å². The molecule has 15 aliphatic heterocycles. The number of rotatable bonds is 12. The summed E-state index contributed by atoms with van der Waals surface area (Å²) in [5.41, 5.74) is 5.66. The number of aliphatic hydroxyl groups is 20. The standard InChI is InChI=1S/C46H79NO35/c47-3-1-2-4-68-39-31(67)38-18(11-54)75-46(39)82-37-17(10-53)74-44(30(66)24(37)60)80-35-15(8-51)72-42(28(64)22(35)58)78-33-13(6-49)70-40(26(62)20(33)56)76-32-12(5-48)69-41(25(61)19(32)55)77-34-14(7-50)71-43(27(63)21(34)57)79-36-16(9-52)73-45(81-38)29(65)23(36)59/h12-46,48-67H,1-11,47H2/t12-,13-,14-,15-,16-,17-,18-,19-,20-,21-,22-,23-,24-,25-,26-,27-,28-,29-,30-,31+,32-,33-,34-,35-,36-,37-,38+,39-,40-,41-,42-,43-,44-,45-,46+/m1/s1. The van der Waals surface area contributed by atoms with Gasteiger partial charge in [0.1, 0.15) is 171 Å². The minimum atomic E-state index is -2.21. The largest absolute Gasteiger partial charge is 0.394 e. The molecule has 36 nitrogen and oxygen atoms in total. The molecule has 0 unspecified atom stereocenters. The number of hydrogen-bond acceptors (Lipinski definition) is 36. The molecule has 478 valence electrons. The zero-order chi connectivity index (χ0) is 59.6. The van der Waals surface area contributed by atoms with Crippen molar-refractivity contribution in [3.05, 3.63) is 0 Å². The van der Waals surface area contributed by atoms with Crippen LogP contribution in [0.3, 0.4) is 0 Å². The molecule has 0 aliphatic carbocycles. The average Bonchev–Trinajstić information content (AvgIpc) is 3.20. The second kappa shape index (κ2) is 29.3. The van der Waals surface area contributed by atoms with Gasteiger partial charge in [-0.05, 0) is 19.4 Å². The molecule has 22 N–H and O–H groups in total. The molecule has 0 amide bonds. The van der Waals surface area contributed by atoms with E-state index < -0.39 is 261 Å². The summed E-state index contributed by atoms with van der Waals surface area (Å²) in [6.45, 7) is -7.14. The maximum absolute atomic E-state index is 12.0. The van der Waals surface area contributed by atoms with Crippen LogP contribution in [-0.4, -0.2) is 376 Å². The van der Waals surface area contributed by atoms with Crippen molar-refractivity contribution in [3.8, 4) is 0 Å². The first-order valence-electron chi connectivity index (χ1n) is 26.8. The fourth-order valence-electron chi connectivity index (χ4n) is 11.0. The van der Waals surface area contributed by atoms with Crippen molar-refractivity contribution in [3.63, 3.8) is 0 Å². The normalized spacial score (nSPS) is 52.7. The molecule has 0 saturated carbocycles. The summed E-state index contributed by atoms with van der Waals surface area (Å²) in [5, 5.41) is 222. The minimum Gasteiger partial charge on any atom is -0.394 e. The lowest BCUT2D eigenvalue weighted by molar-refractivity contribution is -0.398. The minimum absolute atomic E-state index is 0.154. The topological polar surface area (TPSA) is 569 Å². The number of fused-ring (bicyclic) bond motifs is 7. The van der Waals surface area contributed by atoms with Gasteiger partial charge in [0.15, 0.2) is 44.0 Å². The smallest absolute Gasteiger partial charge is 0.187 e. The van der Waals surface area contributed by atoms with E-state index in [1.54, 1.807) is 0 Å². The lowest BCUT2D eigenvalue weighted by atomic mass is 9.95. The molecular weight excluding hydrogens is 1130 g/mol. The van der Waals surface area contributed by atoms with Gasteiger partial charge in [-0.2, -0.15) is 0 Å². The van der Waals surface area contributed by atoms with Gasteiger partial charge in [-0.3, -0.25) is 0 Å². The molecule has 15 saturated heterocycles. The van der Waals surface area contributed by atoms with Crippen LogP contribution in [0, 0.1) is 0 Å². The Labute approximate surface area is 465 Å². The van der Waals surface area contributed by atoms with Crippen LogP contribution >= 0.6 is 0 Å². The second-order valence-corrected chi connectivity index (χ2v) is 21.0. The van der Waals surface area contributed by atoms with E-state index >= 15 is 0 Å². The van der Waals surface area contributed by atoms with Crippen LogP contribution in [-0.2, 0) is 71.1 Å². The van der Waals surface area contributed by atoms with Gasteiger partial charge in [0.2, 0.25) is 0 Å². The fraction of sp³-hybridized carbons (Fsp3) is 1.00. The monoisotopic (exact) mass is 1210 g/mol. The molecule has 0 aromatic rings. The van der Waals surface area contributed by atoms with Crippen LogP contribution in [0.15, 0.2) is 0 Å². The Morgan fingerprint density at radius 2 is 0.439 bits per heavy atom. The summed E-state index contributed by atoms with van der Waals surface area (Å²) in [5.74, 6) is 0. The van der Waals surface area contributed by atoms with Crippen LogP contribution in [0.4, 0.5) is 0 Å². The summed E-state index contributed by atoms with van der Waals surface area (Å²) >= 11 is 0. The highest BCUT2D eigenvalue weighted by Crippen LogP contribution is 2.39. The average molecular weight is 1210 g/mol. The van der Waals surface area contributed by atoms with Crippen LogP contribution < -0.4 is 5.73 Å². The van der Waals surface area contributed by atoms with Crippen molar-refractivity contribution < 1.29 is 173 Å². The first-order valence-corrected chi connectivity index (χ1v) is 26.8. The summed E-state index contributed by atoms with van der Waals surface area (Å²) in [6, 6.07) is 0. The highest BCUT2D eigenvalue weighted by atomic mass is 16.8. The number of unbranched alkanes of at least 4 members (excludes halogenated alkanes) is 1. The highest BCUT2D eigenvalue weighted by Gasteiger charge is 2.60. The Morgan fingerprint density at radius 3 is 0.646 bits per heavy atom. The van der Waals surface area contributed by atoms with Crippen molar-refractivity contribution in [1.82, 2.24) is 0 Å². The molecule has 0 aromatic heterocycles. The van der Waals surface area contributed by atoms with Crippen molar-refractivity contribution in [2.24, 2.45) is 5.73 Å². The molecule has 0 radical (unpaired) electrons. The molecule has 15 rings (SSSR count). The number of aliphatic hydroxyl groups excluding tert-OH is 20. The van der Waals surface area contributed by atoms with Crippen molar-refractivity contribution in [2.45, 2.75) is 228 Å². The van der Waals surface area contributed by atoms with Crippen LogP contribution in [0.1, 0.15) is 12.8 Å². The van der Waals surface area contributed by atoms with E-state index in [0.717, 1.165) is 0 Å². The van der Waals surface area contributed by atoms with Crippen LogP contribution in [0.25, 0.3) is 0 Å². The Balaban J connectivity index is 1.10. The van der Waals surface area contributed by atoms with E-state index in [1.165, 1.54) is 0 Å². The van der Waals surface area contributed by atoms with E-state index in [9.17, 15) is 102 Å². The van der Waals surface area contributed by atoms with Gasteiger partial charge >= 0.3 is 0 Å². The van der Waals surface area contributed by atoms with Crippen LogP contribution in [0.2, 0.25) is 0 Å². The first-order chi connectivity index (χ1) is 39.2. The van der Waals surface area contributed by atoms with Gasteiger partial charge in [-0.25, -0.2) is 0 Å². The molecule has 15 fully saturated rings. The first kappa shape index (κ1) is 66.5. The summed E-state index contributed by atoms with van der Waals surface area (Å²) in [4.78, 5) is 0. The summed E-state index contributed by atoms with van der Waals surface area (Å²) in [6.07, 6.45) is -68.1. The van der Waals surface area contributed by atoms with E-state index in [4.69, 9.17) is 76.8 Å². The second-order valence-electron chi connectivity index (χ2n) is 21.0. The lowest BCUT2D eigenvalue weighted by Crippen LogP contribution is -2.68. The molecule has 0 spiro atoms. The molecule has 36 heteroatoms. The van der Waals surface area contributed by atoms with Crippen molar-refractivity contribution >= 4 is 0 Å². The highest BCUT2D eigenvalue weighted by molar-refractivity contribution is 5.02. The Kier molecular flexibility index (Phi) is 23.7. The molecule has 0 aromatic carbocycles. The van der Waals surface area contributed by atoms with Crippen molar-refractivity contribution in [1.29, 1.82) is 0 Å².